The summed E-state index contributed by atoms with van der Waals surface area (Å²) < 4.78 is 36.5. The van der Waals surface area contributed by atoms with Gasteiger partial charge in [0.2, 0.25) is 5.91 Å². The maximum atomic E-state index is 12.2. The fourth-order valence-electron chi connectivity index (χ4n) is 0.553. The van der Waals surface area contributed by atoms with Crippen LogP contribution >= 0.6 is 0 Å². The van der Waals surface area contributed by atoms with Gasteiger partial charge in [-0.3, -0.25) is 4.79 Å². The molecule has 0 bridgehead atoms. The van der Waals surface area contributed by atoms with E-state index in [2.05, 4.69) is 0 Å². The van der Waals surface area contributed by atoms with Gasteiger partial charge >= 0.3 is 6.18 Å². The summed E-state index contributed by atoms with van der Waals surface area (Å²) in [4.78, 5) is 10.9. The number of aliphatic hydroxyl groups excluding tert-OH is 1. The molecular weight excluding hydrogens is 201 g/mol. The van der Waals surface area contributed by atoms with Crippen molar-refractivity contribution in [1.29, 1.82) is 0 Å². The Labute approximate surface area is 79.3 Å². The van der Waals surface area contributed by atoms with E-state index in [1.54, 1.807) is 0 Å². The number of halogens is 3. The van der Waals surface area contributed by atoms with Crippen LogP contribution in [0.25, 0.3) is 0 Å². The van der Waals surface area contributed by atoms with Crippen LogP contribution in [0.4, 0.5) is 13.2 Å². The van der Waals surface area contributed by atoms with Crippen molar-refractivity contribution >= 4 is 5.91 Å². The molecule has 7 heteroatoms. The molecule has 0 saturated heterocycles. The molecule has 84 valence electrons. The van der Waals surface area contributed by atoms with Crippen molar-refractivity contribution in [3.8, 4) is 0 Å². The summed E-state index contributed by atoms with van der Waals surface area (Å²) in [5, 5.41) is 10.6. The molecule has 1 amide bonds. The number of hydrogen-bond donors (Lipinski definition) is 3. The van der Waals surface area contributed by atoms with Gasteiger partial charge in [-0.2, -0.15) is 13.2 Å². The van der Waals surface area contributed by atoms with Crippen LogP contribution in [0.3, 0.4) is 0 Å². The Hall–Kier alpha value is -0.820. The number of rotatable bonds is 3. The van der Waals surface area contributed by atoms with Crippen LogP contribution in [0.1, 0.15) is 13.8 Å². The Morgan fingerprint density at radius 2 is 2.00 bits per heavy atom. The molecule has 4 N–H and O–H groups in total. The van der Waals surface area contributed by atoms with Crippen molar-refractivity contribution in [3.05, 3.63) is 0 Å². The first-order chi connectivity index (χ1) is 6.09. The summed E-state index contributed by atoms with van der Waals surface area (Å²) in [5.74, 6) is -1.36. The zero-order valence-electron chi connectivity index (χ0n) is 7.85. The van der Waals surface area contributed by atoms with Crippen LogP contribution in [0, 0.1) is 0 Å². The first-order valence-corrected chi connectivity index (χ1v) is 3.91. The SMILES string of the molecule is C[C@@H](O)CNC(=O)C(C)(N)C(F)(F)F. The van der Waals surface area contributed by atoms with Crippen molar-refractivity contribution in [2.24, 2.45) is 5.73 Å². The minimum atomic E-state index is -4.81. The van der Waals surface area contributed by atoms with E-state index in [4.69, 9.17) is 10.8 Å². The van der Waals surface area contributed by atoms with Gasteiger partial charge in [-0.25, -0.2) is 0 Å². The third-order valence-corrected chi connectivity index (χ3v) is 1.62. The zero-order valence-corrected chi connectivity index (χ0v) is 7.85. The van der Waals surface area contributed by atoms with Gasteiger partial charge in [-0.05, 0) is 13.8 Å². The van der Waals surface area contributed by atoms with Gasteiger partial charge in [0.05, 0.1) is 6.10 Å². The number of alkyl halides is 3. The van der Waals surface area contributed by atoms with Crippen LogP contribution in [0.15, 0.2) is 0 Å². The third kappa shape index (κ3) is 3.15. The summed E-state index contributed by atoms with van der Waals surface area (Å²) in [6, 6.07) is 0. The van der Waals surface area contributed by atoms with Gasteiger partial charge in [-0.1, -0.05) is 0 Å². The molecule has 0 aromatic heterocycles. The highest BCUT2D eigenvalue weighted by Gasteiger charge is 2.53. The van der Waals surface area contributed by atoms with Crippen LogP contribution < -0.4 is 11.1 Å². The molecule has 4 nitrogen and oxygen atoms in total. The lowest BCUT2D eigenvalue weighted by molar-refractivity contribution is -0.187. The second kappa shape index (κ2) is 4.14. The Balaban J connectivity index is 4.38. The van der Waals surface area contributed by atoms with E-state index in [1.807, 2.05) is 5.32 Å². The number of nitrogens with two attached hydrogens (primary N) is 1. The number of nitrogens with one attached hydrogen (secondary N) is 1. The first kappa shape index (κ1) is 13.2. The predicted molar refractivity (Wildman–Crippen MR) is 43.3 cm³/mol. The fourth-order valence-corrected chi connectivity index (χ4v) is 0.553. The molecule has 0 heterocycles. The number of carbonyl (C=O) groups excluding carboxylic acids is 1. The summed E-state index contributed by atoms with van der Waals surface area (Å²) in [5.41, 5.74) is 1.88. The van der Waals surface area contributed by atoms with Crippen molar-refractivity contribution in [2.45, 2.75) is 31.7 Å². The van der Waals surface area contributed by atoms with E-state index in [1.165, 1.54) is 6.92 Å². The van der Waals surface area contributed by atoms with Crippen molar-refractivity contribution in [2.75, 3.05) is 6.54 Å². The normalized spacial score (nSPS) is 18.5. The van der Waals surface area contributed by atoms with E-state index in [0.29, 0.717) is 6.92 Å². The summed E-state index contributed by atoms with van der Waals surface area (Å²) in [6.45, 7) is 1.65. The number of hydrogen-bond acceptors (Lipinski definition) is 3. The highest BCUT2D eigenvalue weighted by atomic mass is 19.4. The standard InChI is InChI=1S/C7H13F3N2O2/c1-4(13)3-12-5(14)6(2,11)7(8,9)10/h4,13H,3,11H2,1-2H3,(H,12,14)/t4-,6?/m1/s1. The molecule has 0 aromatic carbocycles. The molecule has 0 aliphatic carbocycles. The monoisotopic (exact) mass is 214 g/mol. The minimum Gasteiger partial charge on any atom is -0.392 e. The molecule has 0 rings (SSSR count). The number of aliphatic hydroxyl groups is 1. The fraction of sp³-hybridized carbons (Fsp3) is 0.857. The van der Waals surface area contributed by atoms with Gasteiger partial charge in [0.1, 0.15) is 0 Å². The van der Waals surface area contributed by atoms with Gasteiger partial charge in [0, 0.05) is 6.54 Å². The molecule has 0 spiro atoms. The van der Waals surface area contributed by atoms with Crippen molar-refractivity contribution in [1.82, 2.24) is 5.32 Å². The highest BCUT2D eigenvalue weighted by Crippen LogP contribution is 2.27. The predicted octanol–water partition coefficient (Wildman–Crippen LogP) is -0.237. The van der Waals surface area contributed by atoms with Crippen molar-refractivity contribution in [3.63, 3.8) is 0 Å². The summed E-state index contributed by atoms with van der Waals surface area (Å²) >= 11 is 0. The maximum Gasteiger partial charge on any atom is 0.415 e. The van der Waals surface area contributed by atoms with Gasteiger partial charge in [-0.15, -0.1) is 0 Å². The van der Waals surface area contributed by atoms with Crippen molar-refractivity contribution < 1.29 is 23.1 Å². The lowest BCUT2D eigenvalue weighted by atomic mass is 10.0. The average molecular weight is 214 g/mol. The molecule has 0 radical (unpaired) electrons. The maximum absolute atomic E-state index is 12.2. The molecular formula is C7H13F3N2O2. The minimum absolute atomic E-state index is 0.262. The molecule has 0 saturated carbocycles. The second-order valence-electron chi connectivity index (χ2n) is 3.26. The van der Waals surface area contributed by atoms with Gasteiger partial charge in [0.15, 0.2) is 5.54 Å². The van der Waals surface area contributed by atoms with Crippen LogP contribution in [-0.2, 0) is 4.79 Å². The largest absolute Gasteiger partial charge is 0.415 e. The first-order valence-electron chi connectivity index (χ1n) is 3.91. The van der Waals surface area contributed by atoms with Crippen LogP contribution in [-0.4, -0.2) is 35.4 Å². The van der Waals surface area contributed by atoms with E-state index < -0.39 is 23.7 Å². The van der Waals surface area contributed by atoms with E-state index in [9.17, 15) is 18.0 Å². The van der Waals surface area contributed by atoms with E-state index in [-0.39, 0.29) is 6.54 Å². The third-order valence-electron chi connectivity index (χ3n) is 1.62. The zero-order chi connectivity index (χ0) is 11.6. The van der Waals surface area contributed by atoms with Crippen LogP contribution in [0.5, 0.6) is 0 Å². The Kier molecular flexibility index (Phi) is 3.90. The molecule has 0 aliphatic heterocycles. The van der Waals surface area contributed by atoms with E-state index in [0.717, 1.165) is 0 Å². The topological polar surface area (TPSA) is 75.3 Å². The number of carbonyl (C=O) groups is 1. The lowest BCUT2D eigenvalue weighted by Crippen LogP contribution is -2.61. The lowest BCUT2D eigenvalue weighted by Gasteiger charge is -2.26. The second-order valence-corrected chi connectivity index (χ2v) is 3.26. The molecule has 0 aliphatic rings. The highest BCUT2D eigenvalue weighted by molar-refractivity contribution is 5.86. The average Bonchev–Trinajstić information content (AvgIpc) is 1.97. The van der Waals surface area contributed by atoms with E-state index >= 15 is 0 Å². The molecule has 0 fully saturated rings. The van der Waals surface area contributed by atoms with Crippen LogP contribution in [0.2, 0.25) is 0 Å². The summed E-state index contributed by atoms with van der Waals surface area (Å²) in [7, 11) is 0. The molecule has 2 atom stereocenters. The molecule has 0 aromatic rings. The Morgan fingerprint density at radius 1 is 1.57 bits per heavy atom. The molecule has 1 unspecified atom stereocenters. The van der Waals surface area contributed by atoms with Gasteiger partial charge < -0.3 is 16.2 Å². The Morgan fingerprint density at radius 3 is 2.29 bits per heavy atom. The number of amides is 1. The smallest absolute Gasteiger partial charge is 0.392 e. The summed E-state index contributed by atoms with van der Waals surface area (Å²) in [6.07, 6.45) is -5.72. The molecule has 14 heavy (non-hydrogen) atoms. The van der Waals surface area contributed by atoms with Gasteiger partial charge in [0.25, 0.3) is 0 Å². The quantitative estimate of drug-likeness (QED) is 0.607. The Bertz CT molecular complexity index is 213.